The molecule has 0 saturated carbocycles. The average molecular weight is 270 g/mol. The maximum absolute atomic E-state index is 9.18. The van der Waals surface area contributed by atoms with Gasteiger partial charge in [-0.15, -0.1) is 0 Å². The molecular weight excluding hydrogens is 240 g/mol. The van der Waals surface area contributed by atoms with Gasteiger partial charge in [0.2, 0.25) is 0 Å². The van der Waals surface area contributed by atoms with Crippen molar-refractivity contribution in [2.45, 2.75) is 65.6 Å². The first-order chi connectivity index (χ1) is 8.91. The molecule has 0 aliphatic rings. The van der Waals surface area contributed by atoms with Crippen LogP contribution in [-0.2, 0) is 4.74 Å². The fourth-order valence-electron chi connectivity index (χ4n) is 1.60. The van der Waals surface area contributed by atoms with Crippen LogP contribution < -0.4 is 0 Å². The van der Waals surface area contributed by atoms with Gasteiger partial charge in [-0.2, -0.15) is 0 Å². The van der Waals surface area contributed by atoms with Gasteiger partial charge in [-0.3, -0.25) is 0 Å². The van der Waals surface area contributed by atoms with Crippen LogP contribution in [0, 0.1) is 11.8 Å². The van der Waals surface area contributed by atoms with Gasteiger partial charge < -0.3 is 14.9 Å². The summed E-state index contributed by atoms with van der Waals surface area (Å²) in [7, 11) is 0. The predicted molar refractivity (Wildman–Crippen MR) is 79.5 cm³/mol. The standard InChI is InChI=1S/C16H30O3/c1-13(5-7-15(3)17)9-11-19-12-10-14(2)6-8-16(4)18/h9-18H,5-8H2,1-4H3. The molecule has 0 spiro atoms. The zero-order chi connectivity index (χ0) is 14.7. The van der Waals surface area contributed by atoms with Crippen molar-refractivity contribution in [1.29, 1.82) is 0 Å². The molecule has 0 fully saturated rings. The molecule has 0 rings (SSSR count). The lowest BCUT2D eigenvalue weighted by Crippen LogP contribution is -2.02. The molecule has 0 saturated heterocycles. The van der Waals surface area contributed by atoms with Crippen LogP contribution in [-0.4, -0.2) is 22.4 Å². The van der Waals surface area contributed by atoms with Crippen LogP contribution in [0.3, 0.4) is 0 Å². The first-order valence-electron chi connectivity index (χ1n) is 7.26. The Labute approximate surface area is 118 Å². The lowest BCUT2D eigenvalue weighted by molar-refractivity contribution is 0.177. The zero-order valence-corrected chi connectivity index (χ0v) is 12.7. The minimum absolute atomic E-state index is 0.230. The van der Waals surface area contributed by atoms with Gasteiger partial charge in [-0.25, -0.2) is 0 Å². The highest BCUT2D eigenvalue weighted by atomic mass is 16.5. The lowest BCUT2D eigenvalue weighted by Gasteiger charge is -2.08. The number of aliphatic hydroxyl groups is 2. The van der Waals surface area contributed by atoms with Crippen molar-refractivity contribution < 1.29 is 14.9 Å². The SMILES string of the molecule is CC(O)CCC(C)C=COC=CC(C)CCC(C)O. The van der Waals surface area contributed by atoms with Gasteiger partial charge in [0.15, 0.2) is 0 Å². The van der Waals surface area contributed by atoms with Crippen LogP contribution in [0.5, 0.6) is 0 Å². The van der Waals surface area contributed by atoms with Crippen molar-refractivity contribution in [2.75, 3.05) is 0 Å². The number of allylic oxidation sites excluding steroid dienone is 2. The monoisotopic (exact) mass is 270 g/mol. The van der Waals surface area contributed by atoms with E-state index < -0.39 is 0 Å². The van der Waals surface area contributed by atoms with E-state index in [2.05, 4.69) is 13.8 Å². The number of hydrogen-bond donors (Lipinski definition) is 2. The highest BCUT2D eigenvalue weighted by Gasteiger charge is 2.01. The van der Waals surface area contributed by atoms with E-state index in [9.17, 15) is 10.2 Å². The highest BCUT2D eigenvalue weighted by molar-refractivity contribution is 4.86. The summed E-state index contributed by atoms with van der Waals surface area (Å²) in [5.74, 6) is 0.825. The fourth-order valence-corrected chi connectivity index (χ4v) is 1.60. The predicted octanol–water partition coefficient (Wildman–Crippen LogP) is 3.62. The normalized spacial score (nSPS) is 18.6. The molecule has 3 heteroatoms. The van der Waals surface area contributed by atoms with Crippen molar-refractivity contribution in [1.82, 2.24) is 0 Å². The number of hydrogen-bond acceptors (Lipinski definition) is 3. The third-order valence-corrected chi connectivity index (χ3v) is 3.05. The van der Waals surface area contributed by atoms with Gasteiger partial charge in [0, 0.05) is 0 Å². The van der Waals surface area contributed by atoms with E-state index in [0.29, 0.717) is 11.8 Å². The Balaban J connectivity index is 3.70. The maximum Gasteiger partial charge on any atom is 0.0864 e. The summed E-state index contributed by atoms with van der Waals surface area (Å²) >= 11 is 0. The number of rotatable bonds is 10. The molecule has 4 unspecified atom stereocenters. The number of ether oxygens (including phenoxy) is 1. The molecule has 0 bridgehead atoms. The van der Waals surface area contributed by atoms with Gasteiger partial charge in [-0.05, 0) is 63.5 Å². The van der Waals surface area contributed by atoms with Gasteiger partial charge in [0.25, 0.3) is 0 Å². The zero-order valence-electron chi connectivity index (χ0n) is 12.7. The van der Waals surface area contributed by atoms with Crippen LogP contribution in [0.2, 0.25) is 0 Å². The summed E-state index contributed by atoms with van der Waals surface area (Å²) in [6.45, 7) is 7.84. The Hall–Kier alpha value is -0.800. The van der Waals surface area contributed by atoms with E-state index in [0.717, 1.165) is 25.7 Å². The summed E-state index contributed by atoms with van der Waals surface area (Å²) in [5.41, 5.74) is 0. The minimum Gasteiger partial charge on any atom is -0.473 e. The molecule has 0 aliphatic carbocycles. The third kappa shape index (κ3) is 13.4. The molecule has 112 valence electrons. The second-order valence-electron chi connectivity index (χ2n) is 5.60. The Bertz CT molecular complexity index is 231. The quantitative estimate of drug-likeness (QED) is 0.596. The Morgan fingerprint density at radius 3 is 1.42 bits per heavy atom. The molecule has 2 N–H and O–H groups in total. The fraction of sp³-hybridized carbons (Fsp3) is 0.750. The topological polar surface area (TPSA) is 49.7 Å². The molecule has 4 atom stereocenters. The second-order valence-corrected chi connectivity index (χ2v) is 5.60. The Morgan fingerprint density at radius 1 is 0.737 bits per heavy atom. The van der Waals surface area contributed by atoms with Crippen molar-refractivity contribution in [3.63, 3.8) is 0 Å². The first-order valence-corrected chi connectivity index (χ1v) is 7.26. The van der Waals surface area contributed by atoms with Crippen LogP contribution >= 0.6 is 0 Å². The van der Waals surface area contributed by atoms with Gasteiger partial charge in [0.05, 0.1) is 24.7 Å². The van der Waals surface area contributed by atoms with Crippen molar-refractivity contribution in [3.05, 3.63) is 24.7 Å². The van der Waals surface area contributed by atoms with Crippen molar-refractivity contribution in [2.24, 2.45) is 11.8 Å². The van der Waals surface area contributed by atoms with E-state index in [-0.39, 0.29) is 12.2 Å². The van der Waals surface area contributed by atoms with Crippen molar-refractivity contribution >= 4 is 0 Å². The molecular formula is C16H30O3. The molecule has 3 nitrogen and oxygen atoms in total. The Morgan fingerprint density at radius 2 is 1.11 bits per heavy atom. The highest BCUT2D eigenvalue weighted by Crippen LogP contribution is 2.11. The van der Waals surface area contributed by atoms with Gasteiger partial charge >= 0.3 is 0 Å². The summed E-state index contributed by atoms with van der Waals surface area (Å²) in [6.07, 6.45) is 10.5. The van der Waals surface area contributed by atoms with Crippen LogP contribution in [0.4, 0.5) is 0 Å². The molecule has 19 heavy (non-hydrogen) atoms. The van der Waals surface area contributed by atoms with E-state index in [1.807, 2.05) is 26.0 Å². The second kappa shape index (κ2) is 11.1. The van der Waals surface area contributed by atoms with E-state index in [1.54, 1.807) is 12.5 Å². The van der Waals surface area contributed by atoms with E-state index in [4.69, 9.17) is 4.74 Å². The Kier molecular flexibility index (Phi) is 10.6. The molecule has 0 amide bonds. The smallest absolute Gasteiger partial charge is 0.0864 e. The summed E-state index contributed by atoms with van der Waals surface area (Å²) in [6, 6.07) is 0. The minimum atomic E-state index is -0.230. The first kappa shape index (κ1) is 18.2. The number of aliphatic hydroxyl groups excluding tert-OH is 2. The van der Waals surface area contributed by atoms with Crippen molar-refractivity contribution in [3.8, 4) is 0 Å². The van der Waals surface area contributed by atoms with Gasteiger partial charge in [-0.1, -0.05) is 13.8 Å². The summed E-state index contributed by atoms with van der Waals surface area (Å²) in [4.78, 5) is 0. The largest absolute Gasteiger partial charge is 0.473 e. The molecule has 0 radical (unpaired) electrons. The molecule has 0 aromatic rings. The van der Waals surface area contributed by atoms with Crippen LogP contribution in [0.15, 0.2) is 24.7 Å². The molecule has 0 aromatic carbocycles. The van der Waals surface area contributed by atoms with E-state index in [1.165, 1.54) is 0 Å². The van der Waals surface area contributed by atoms with Crippen LogP contribution in [0.25, 0.3) is 0 Å². The summed E-state index contributed by atoms with van der Waals surface area (Å²) in [5, 5.41) is 18.4. The van der Waals surface area contributed by atoms with Crippen LogP contribution in [0.1, 0.15) is 53.4 Å². The third-order valence-electron chi connectivity index (χ3n) is 3.05. The summed E-state index contributed by atoms with van der Waals surface area (Å²) < 4.78 is 5.30. The van der Waals surface area contributed by atoms with Gasteiger partial charge in [0.1, 0.15) is 0 Å². The van der Waals surface area contributed by atoms with E-state index >= 15 is 0 Å². The molecule has 0 aromatic heterocycles. The molecule has 0 aliphatic heterocycles. The average Bonchev–Trinajstić information content (AvgIpc) is 2.33. The lowest BCUT2D eigenvalue weighted by atomic mass is 10.0. The molecule has 0 heterocycles. The maximum atomic E-state index is 9.18.